The Balaban J connectivity index is 1.87. The molecule has 0 aliphatic carbocycles. The SMILES string of the molecule is COc1ccc(-c2oc(N=Cc3cccc(O)c3)c(C#N)c2-c2ccc(OC)cc2)cc1. The summed E-state index contributed by atoms with van der Waals surface area (Å²) in [5.41, 5.74) is 3.23. The normalized spacial score (nSPS) is 10.8. The van der Waals surface area contributed by atoms with Crippen LogP contribution in [-0.4, -0.2) is 25.5 Å². The number of nitrogens with zero attached hydrogens (tertiary/aromatic N) is 2. The fourth-order valence-corrected chi connectivity index (χ4v) is 3.33. The van der Waals surface area contributed by atoms with Gasteiger partial charge in [-0.15, -0.1) is 0 Å². The molecule has 0 saturated carbocycles. The molecular weight excluding hydrogens is 404 g/mol. The highest BCUT2D eigenvalue weighted by atomic mass is 16.5. The molecule has 0 atom stereocenters. The Kier molecular flexibility index (Phi) is 5.91. The maximum Gasteiger partial charge on any atom is 0.238 e. The number of phenols is 1. The zero-order chi connectivity index (χ0) is 22.5. The molecule has 6 heteroatoms. The second-order valence-corrected chi connectivity index (χ2v) is 6.91. The summed E-state index contributed by atoms with van der Waals surface area (Å²) < 4.78 is 16.6. The summed E-state index contributed by atoms with van der Waals surface area (Å²) in [6.07, 6.45) is 1.55. The van der Waals surface area contributed by atoms with E-state index in [9.17, 15) is 10.4 Å². The van der Waals surface area contributed by atoms with Gasteiger partial charge in [0.1, 0.15) is 34.6 Å². The van der Waals surface area contributed by atoms with Gasteiger partial charge in [0, 0.05) is 17.3 Å². The van der Waals surface area contributed by atoms with Crippen LogP contribution in [0.3, 0.4) is 0 Å². The Morgan fingerprint density at radius 2 is 1.53 bits per heavy atom. The van der Waals surface area contributed by atoms with Crippen LogP contribution in [0.15, 0.2) is 82.2 Å². The zero-order valence-electron chi connectivity index (χ0n) is 17.6. The number of aromatic hydroxyl groups is 1. The highest BCUT2D eigenvalue weighted by molar-refractivity contribution is 5.90. The maximum absolute atomic E-state index is 9.98. The average molecular weight is 424 g/mol. The van der Waals surface area contributed by atoms with Crippen LogP contribution in [0.25, 0.3) is 22.5 Å². The zero-order valence-corrected chi connectivity index (χ0v) is 17.6. The van der Waals surface area contributed by atoms with E-state index in [0.29, 0.717) is 33.9 Å². The van der Waals surface area contributed by atoms with E-state index in [2.05, 4.69) is 11.1 Å². The van der Waals surface area contributed by atoms with Gasteiger partial charge in [-0.1, -0.05) is 24.3 Å². The number of rotatable bonds is 6. The maximum atomic E-state index is 9.98. The highest BCUT2D eigenvalue weighted by Gasteiger charge is 2.23. The van der Waals surface area contributed by atoms with Crippen molar-refractivity contribution in [1.29, 1.82) is 5.26 Å². The fraction of sp³-hybridized carbons (Fsp3) is 0.0769. The van der Waals surface area contributed by atoms with Crippen LogP contribution in [-0.2, 0) is 0 Å². The van der Waals surface area contributed by atoms with E-state index in [0.717, 1.165) is 11.1 Å². The highest BCUT2D eigenvalue weighted by Crippen LogP contribution is 2.43. The molecule has 0 aliphatic rings. The predicted octanol–water partition coefficient (Wildman–Crippen LogP) is 5.96. The molecule has 32 heavy (non-hydrogen) atoms. The van der Waals surface area contributed by atoms with Crippen LogP contribution in [0.1, 0.15) is 11.1 Å². The standard InChI is InChI=1S/C26H20N2O4/c1-30-21-10-6-18(7-11-21)24-23(15-27)26(28-16-17-4-3-5-20(29)14-17)32-25(24)19-8-12-22(31-2)13-9-19/h3-14,16,29H,1-2H3. The molecule has 0 aliphatic heterocycles. The molecule has 0 unspecified atom stereocenters. The first-order valence-electron chi connectivity index (χ1n) is 9.81. The van der Waals surface area contributed by atoms with Crippen LogP contribution < -0.4 is 9.47 Å². The third-order valence-corrected chi connectivity index (χ3v) is 4.93. The smallest absolute Gasteiger partial charge is 0.238 e. The molecule has 4 rings (SSSR count). The Hall–Kier alpha value is -4.50. The van der Waals surface area contributed by atoms with E-state index in [1.807, 2.05) is 48.5 Å². The molecule has 4 aromatic rings. The van der Waals surface area contributed by atoms with Gasteiger partial charge in [0.2, 0.25) is 5.88 Å². The summed E-state index contributed by atoms with van der Waals surface area (Å²) in [6, 6.07) is 23.7. The minimum absolute atomic E-state index is 0.131. The van der Waals surface area contributed by atoms with E-state index in [1.54, 1.807) is 44.7 Å². The van der Waals surface area contributed by atoms with Crippen molar-refractivity contribution in [3.05, 3.63) is 83.9 Å². The average Bonchev–Trinajstić information content (AvgIpc) is 3.21. The van der Waals surface area contributed by atoms with E-state index >= 15 is 0 Å². The van der Waals surface area contributed by atoms with Gasteiger partial charge < -0.3 is 19.0 Å². The van der Waals surface area contributed by atoms with Crippen molar-refractivity contribution in [1.82, 2.24) is 0 Å². The lowest BCUT2D eigenvalue weighted by Gasteiger charge is -2.06. The second-order valence-electron chi connectivity index (χ2n) is 6.91. The van der Waals surface area contributed by atoms with Crippen LogP contribution in [0, 0.1) is 11.3 Å². The number of phenolic OH excluding ortho intramolecular Hbond substituents is 1. The first-order valence-corrected chi connectivity index (χ1v) is 9.81. The fourth-order valence-electron chi connectivity index (χ4n) is 3.33. The molecule has 158 valence electrons. The van der Waals surface area contributed by atoms with Gasteiger partial charge in [0.25, 0.3) is 0 Å². The Morgan fingerprint density at radius 3 is 2.09 bits per heavy atom. The van der Waals surface area contributed by atoms with Crippen molar-refractivity contribution < 1.29 is 19.0 Å². The third kappa shape index (κ3) is 4.18. The number of nitriles is 1. The molecular formula is C26H20N2O4. The summed E-state index contributed by atoms with van der Waals surface area (Å²) >= 11 is 0. The van der Waals surface area contributed by atoms with Gasteiger partial charge in [0.05, 0.1) is 14.2 Å². The van der Waals surface area contributed by atoms with Crippen LogP contribution >= 0.6 is 0 Å². The lowest BCUT2D eigenvalue weighted by molar-refractivity contribution is 0.414. The number of benzene rings is 3. The number of furan rings is 1. The van der Waals surface area contributed by atoms with Gasteiger partial charge in [-0.3, -0.25) is 0 Å². The Bertz CT molecular complexity index is 1300. The molecule has 0 bridgehead atoms. The molecule has 0 spiro atoms. The summed E-state index contributed by atoms with van der Waals surface area (Å²) in [6.45, 7) is 0. The predicted molar refractivity (Wildman–Crippen MR) is 123 cm³/mol. The van der Waals surface area contributed by atoms with Crippen molar-refractivity contribution in [2.75, 3.05) is 14.2 Å². The van der Waals surface area contributed by atoms with Crippen molar-refractivity contribution in [3.8, 4) is 45.8 Å². The lowest BCUT2D eigenvalue weighted by atomic mass is 9.98. The Labute approximate surface area is 185 Å². The van der Waals surface area contributed by atoms with Crippen molar-refractivity contribution in [2.45, 2.75) is 0 Å². The number of hydrogen-bond acceptors (Lipinski definition) is 6. The molecule has 1 N–H and O–H groups in total. The van der Waals surface area contributed by atoms with E-state index in [4.69, 9.17) is 13.9 Å². The topological polar surface area (TPSA) is 88.0 Å². The van der Waals surface area contributed by atoms with Gasteiger partial charge in [-0.05, 0) is 59.7 Å². The van der Waals surface area contributed by atoms with E-state index < -0.39 is 0 Å². The largest absolute Gasteiger partial charge is 0.508 e. The molecule has 1 aromatic heterocycles. The molecule has 0 fully saturated rings. The van der Waals surface area contributed by atoms with Gasteiger partial charge >= 0.3 is 0 Å². The number of aliphatic imine (C=N–C) groups is 1. The molecule has 0 radical (unpaired) electrons. The minimum atomic E-state index is 0.131. The quantitative estimate of drug-likeness (QED) is 0.386. The van der Waals surface area contributed by atoms with E-state index in [-0.39, 0.29) is 11.6 Å². The number of ether oxygens (including phenoxy) is 2. The first kappa shape index (κ1) is 20.8. The van der Waals surface area contributed by atoms with Crippen LogP contribution in [0.5, 0.6) is 17.2 Å². The summed E-state index contributed by atoms with van der Waals surface area (Å²) in [5.74, 6) is 2.27. The first-order chi connectivity index (χ1) is 15.6. The Morgan fingerprint density at radius 1 is 0.906 bits per heavy atom. The summed E-state index contributed by atoms with van der Waals surface area (Å²) in [4.78, 5) is 4.41. The second kappa shape index (κ2) is 9.11. The minimum Gasteiger partial charge on any atom is -0.508 e. The van der Waals surface area contributed by atoms with Gasteiger partial charge in [-0.25, -0.2) is 4.99 Å². The van der Waals surface area contributed by atoms with E-state index in [1.165, 1.54) is 0 Å². The number of methoxy groups -OCH3 is 2. The number of hydrogen-bond donors (Lipinski definition) is 1. The third-order valence-electron chi connectivity index (χ3n) is 4.93. The lowest BCUT2D eigenvalue weighted by Crippen LogP contribution is -1.87. The monoisotopic (exact) mass is 424 g/mol. The molecule has 6 nitrogen and oxygen atoms in total. The molecule has 0 saturated heterocycles. The van der Waals surface area contributed by atoms with Crippen LogP contribution in [0.4, 0.5) is 5.88 Å². The molecule has 0 amide bonds. The van der Waals surface area contributed by atoms with Crippen molar-refractivity contribution >= 4 is 12.1 Å². The molecule has 3 aromatic carbocycles. The van der Waals surface area contributed by atoms with Crippen LogP contribution in [0.2, 0.25) is 0 Å². The summed E-state index contributed by atoms with van der Waals surface area (Å²) in [7, 11) is 3.21. The van der Waals surface area contributed by atoms with Gasteiger partial charge in [0.15, 0.2) is 0 Å². The summed E-state index contributed by atoms with van der Waals surface area (Å²) in [5, 5.41) is 19.7. The molecule has 1 heterocycles. The van der Waals surface area contributed by atoms with Crippen molar-refractivity contribution in [3.63, 3.8) is 0 Å². The van der Waals surface area contributed by atoms with Gasteiger partial charge in [-0.2, -0.15) is 5.26 Å². The van der Waals surface area contributed by atoms with Crippen molar-refractivity contribution in [2.24, 2.45) is 4.99 Å².